The van der Waals surface area contributed by atoms with E-state index >= 15 is 0 Å². The smallest absolute Gasteiger partial charge is 0.262 e. The highest BCUT2D eigenvalue weighted by Gasteiger charge is 2.49. The number of anilines is 4. The van der Waals surface area contributed by atoms with Crippen LogP contribution in [0.3, 0.4) is 0 Å². The lowest BCUT2D eigenvalue weighted by Gasteiger charge is -2.56. The van der Waals surface area contributed by atoms with Crippen LogP contribution >= 0.6 is 23.2 Å². The van der Waals surface area contributed by atoms with E-state index in [2.05, 4.69) is 79.3 Å². The Hall–Kier alpha value is -6.63. The number of carbonyl (C=O) groups excluding carboxylic acids is 6. The van der Waals surface area contributed by atoms with Crippen LogP contribution in [-0.4, -0.2) is 140 Å². The van der Waals surface area contributed by atoms with Crippen LogP contribution in [0.15, 0.2) is 73.3 Å². The minimum atomic E-state index is -0.998. The Kier molecular flexibility index (Phi) is 12.3. The van der Waals surface area contributed by atoms with E-state index in [9.17, 15) is 28.8 Å². The topological polar surface area (TPSA) is 198 Å². The van der Waals surface area contributed by atoms with Crippen LogP contribution < -0.4 is 25.8 Å². The summed E-state index contributed by atoms with van der Waals surface area (Å²) in [5.41, 5.74) is 5.49. The van der Waals surface area contributed by atoms with Crippen LogP contribution in [0.4, 0.5) is 22.9 Å². The lowest BCUT2D eigenvalue weighted by atomic mass is 9.60. The molecular formula is C53H56Cl2N12O6. The van der Waals surface area contributed by atoms with Crippen molar-refractivity contribution in [3.05, 3.63) is 100 Å². The molecule has 3 aromatic carbocycles. The second-order valence-corrected chi connectivity index (χ2v) is 21.8. The van der Waals surface area contributed by atoms with Gasteiger partial charge in [0.2, 0.25) is 17.7 Å². The first-order chi connectivity index (χ1) is 35.4. The lowest BCUT2D eigenvalue weighted by Crippen LogP contribution is -2.59. The van der Waals surface area contributed by atoms with Gasteiger partial charge in [-0.2, -0.15) is 0 Å². The Morgan fingerprint density at radius 1 is 0.726 bits per heavy atom. The van der Waals surface area contributed by atoms with Gasteiger partial charge in [-0.1, -0.05) is 29.3 Å². The average Bonchev–Trinajstić information content (AvgIpc) is 3.92. The van der Waals surface area contributed by atoms with Gasteiger partial charge < -0.3 is 29.9 Å². The van der Waals surface area contributed by atoms with Crippen molar-refractivity contribution in [2.75, 3.05) is 67.5 Å². The quantitative estimate of drug-likeness (QED) is 0.134. The van der Waals surface area contributed by atoms with Gasteiger partial charge in [0.05, 0.1) is 33.1 Å². The van der Waals surface area contributed by atoms with Crippen molar-refractivity contribution in [1.29, 1.82) is 0 Å². The van der Waals surface area contributed by atoms with Gasteiger partial charge in [-0.05, 0) is 118 Å². The fourth-order valence-electron chi connectivity index (χ4n) is 12.5. The number of nitrogens with one attached hydrogen (secondary N) is 3. The zero-order valence-corrected chi connectivity index (χ0v) is 41.8. The molecule has 6 fully saturated rings. The van der Waals surface area contributed by atoms with E-state index in [-0.39, 0.29) is 53.8 Å². The van der Waals surface area contributed by atoms with E-state index in [1.54, 1.807) is 43.0 Å². The number of hydrogen-bond acceptors (Lipinski definition) is 13. The molecule has 4 saturated heterocycles. The highest BCUT2D eigenvalue weighted by Crippen LogP contribution is 2.51. The number of carbonyl (C=O) groups is 6. The number of benzene rings is 3. The molecule has 7 heterocycles. The number of amides is 6. The minimum Gasteiger partial charge on any atom is -0.371 e. The number of imide groups is 2. The third kappa shape index (κ3) is 8.84. The molecule has 0 unspecified atom stereocenters. The van der Waals surface area contributed by atoms with Crippen LogP contribution in [0.2, 0.25) is 10.0 Å². The second kappa shape index (κ2) is 19.0. The molecule has 5 aromatic rings. The summed E-state index contributed by atoms with van der Waals surface area (Å²) in [7, 11) is 0. The maximum atomic E-state index is 13.8. The summed E-state index contributed by atoms with van der Waals surface area (Å²) < 4.78 is 2.06. The van der Waals surface area contributed by atoms with Crippen LogP contribution in [0.1, 0.15) is 101 Å². The zero-order valence-electron chi connectivity index (χ0n) is 40.3. The van der Waals surface area contributed by atoms with Gasteiger partial charge in [-0.3, -0.25) is 43.9 Å². The van der Waals surface area contributed by atoms with Crippen molar-refractivity contribution in [3.63, 3.8) is 0 Å². The molecule has 0 bridgehead atoms. The summed E-state index contributed by atoms with van der Waals surface area (Å²) in [5, 5.41) is 9.40. The van der Waals surface area contributed by atoms with E-state index in [4.69, 9.17) is 23.2 Å². The number of piperazine rings is 1. The normalized spacial score (nSPS) is 23.6. The monoisotopic (exact) mass is 1030 g/mol. The van der Waals surface area contributed by atoms with E-state index in [0.717, 1.165) is 99.7 Å². The molecule has 1 spiro atoms. The Labute approximate surface area is 431 Å². The Morgan fingerprint density at radius 2 is 1.41 bits per heavy atom. The molecule has 2 aromatic heterocycles. The number of halogens is 2. The molecule has 6 amide bonds. The fourth-order valence-corrected chi connectivity index (χ4v) is 13.0. The summed E-state index contributed by atoms with van der Waals surface area (Å²) in [6.07, 6.45) is 10.9. The van der Waals surface area contributed by atoms with Crippen LogP contribution in [0.5, 0.6) is 0 Å². The zero-order chi connectivity index (χ0) is 50.1. The molecule has 0 radical (unpaired) electrons. The van der Waals surface area contributed by atoms with Crippen molar-refractivity contribution in [2.24, 2.45) is 11.3 Å². The third-order valence-electron chi connectivity index (χ3n) is 16.8. The number of fused-ring (bicyclic) bond motifs is 2. The van der Waals surface area contributed by atoms with Crippen LogP contribution in [-0.2, 0) is 14.4 Å². The maximum Gasteiger partial charge on any atom is 0.262 e. The molecule has 2 saturated carbocycles. The predicted octanol–water partition coefficient (Wildman–Crippen LogP) is 6.22. The first-order valence-electron chi connectivity index (χ1n) is 25.6. The molecular weight excluding hydrogens is 972 g/mol. The average molecular weight is 1030 g/mol. The van der Waals surface area contributed by atoms with Gasteiger partial charge in [0.15, 0.2) is 17.0 Å². The molecule has 378 valence electrons. The van der Waals surface area contributed by atoms with Gasteiger partial charge in [-0.15, -0.1) is 0 Å². The van der Waals surface area contributed by atoms with Gasteiger partial charge >= 0.3 is 0 Å². The molecule has 12 rings (SSSR count). The lowest BCUT2D eigenvalue weighted by molar-refractivity contribution is -0.141. The molecule has 7 aliphatic rings. The molecule has 18 nitrogen and oxygen atoms in total. The number of rotatable bonds is 10. The van der Waals surface area contributed by atoms with Gasteiger partial charge in [0, 0.05) is 99.9 Å². The Balaban J connectivity index is 0.570. The number of likely N-dealkylation sites (tertiary alicyclic amines) is 1. The molecule has 73 heavy (non-hydrogen) atoms. The number of piperidine rings is 3. The summed E-state index contributed by atoms with van der Waals surface area (Å²) in [5.74, 6) is -1.48. The molecule has 3 N–H and O–H groups in total. The van der Waals surface area contributed by atoms with Crippen LogP contribution in [0.25, 0.3) is 11.2 Å². The van der Waals surface area contributed by atoms with Crippen molar-refractivity contribution < 1.29 is 28.8 Å². The highest BCUT2D eigenvalue weighted by molar-refractivity contribution is 6.39. The van der Waals surface area contributed by atoms with E-state index in [1.807, 2.05) is 6.07 Å². The number of hydrogen-bond donors (Lipinski definition) is 3. The van der Waals surface area contributed by atoms with E-state index in [1.165, 1.54) is 18.5 Å². The predicted molar refractivity (Wildman–Crippen MR) is 274 cm³/mol. The third-order valence-corrected chi connectivity index (χ3v) is 17.5. The second-order valence-electron chi connectivity index (χ2n) is 21.0. The largest absolute Gasteiger partial charge is 0.371 e. The van der Waals surface area contributed by atoms with Gasteiger partial charge in [0.25, 0.3) is 17.7 Å². The number of imidazole rings is 1. The molecule has 20 heteroatoms. The standard InChI is InChI=1S/C53H56Cl2N12O6/c54-40-2-1-3-41(55)44(40)49(70)60-33-24-36(25-33)66-30-58-45-46(56-29-57-47(45)66)59-32-4-6-34(7-5-32)63-20-22-64(23-21-63)37-27-53(28-37)14-18-65(19-15-53)50(71)31-12-16-62(17-13-31)35-8-9-38-39(26-35)52(73)67(51(38)72)42-10-11-43(68)61-48(42)69/h1-9,26,29-31,33,36-37,42H,10-25,27-28H2,(H,60,70)(H,56,57,59)(H,61,68,69)/t33?,36?,42-/m0/s1. The van der Waals surface area contributed by atoms with Crippen molar-refractivity contribution >= 4 is 92.7 Å². The van der Waals surface area contributed by atoms with Crippen molar-refractivity contribution in [2.45, 2.75) is 88.4 Å². The SMILES string of the molecule is O=C1CC[C@H](N2C(=O)c3ccc(N4CCC(C(=O)N5CCC6(CC5)CC(N5CCN(c7ccc(Nc8ncnc9c8ncn9C8CC(NC(=O)c9c(Cl)cccc9Cl)C8)cc7)CC5)C6)CC4)cc3C2=O)C(=O)N1. The summed E-state index contributed by atoms with van der Waals surface area (Å²) in [6, 6.07) is 18.4. The first-order valence-corrected chi connectivity index (χ1v) is 26.3. The first kappa shape index (κ1) is 47.4. The fraction of sp³-hybridized carbons (Fsp3) is 0.453. The maximum absolute atomic E-state index is 13.8. The van der Waals surface area contributed by atoms with E-state index < -0.39 is 29.7 Å². The summed E-state index contributed by atoms with van der Waals surface area (Å²) in [6.45, 7) is 6.94. The van der Waals surface area contributed by atoms with Crippen LogP contribution in [0, 0.1) is 11.3 Å². The van der Waals surface area contributed by atoms with Crippen molar-refractivity contribution in [1.82, 2.24) is 44.9 Å². The highest BCUT2D eigenvalue weighted by atomic mass is 35.5. The molecule has 5 aliphatic heterocycles. The van der Waals surface area contributed by atoms with Gasteiger partial charge in [0.1, 0.15) is 12.4 Å². The summed E-state index contributed by atoms with van der Waals surface area (Å²) in [4.78, 5) is 102. The number of nitrogens with zero attached hydrogens (tertiary/aromatic N) is 9. The Morgan fingerprint density at radius 3 is 2.12 bits per heavy atom. The minimum absolute atomic E-state index is 0.0163. The Bertz CT molecular complexity index is 3020. The van der Waals surface area contributed by atoms with Crippen molar-refractivity contribution in [3.8, 4) is 0 Å². The van der Waals surface area contributed by atoms with E-state index in [0.29, 0.717) is 51.5 Å². The number of aromatic nitrogens is 4. The molecule has 2 aliphatic carbocycles. The van der Waals surface area contributed by atoms with Gasteiger partial charge in [-0.25, -0.2) is 15.0 Å². The summed E-state index contributed by atoms with van der Waals surface area (Å²) >= 11 is 12.5. The molecule has 1 atom stereocenters.